The average Bonchev–Trinajstić information content (AvgIpc) is 3.25. The number of carbonyl (C=O) groups excluding carboxylic acids is 3. The summed E-state index contributed by atoms with van der Waals surface area (Å²) in [5.41, 5.74) is -0.830. The van der Waals surface area contributed by atoms with E-state index in [2.05, 4.69) is 34.5 Å². The molecule has 9 nitrogen and oxygen atoms in total. The summed E-state index contributed by atoms with van der Waals surface area (Å²) in [6.07, 6.45) is 8.23. The van der Waals surface area contributed by atoms with Gasteiger partial charge in [0.1, 0.15) is 5.66 Å². The zero-order chi connectivity index (χ0) is 26.1. The van der Waals surface area contributed by atoms with E-state index >= 15 is 0 Å². The van der Waals surface area contributed by atoms with E-state index in [0.717, 1.165) is 50.3 Å². The molecule has 3 aliphatic rings. The molecule has 1 saturated carbocycles. The summed E-state index contributed by atoms with van der Waals surface area (Å²) in [6.45, 7) is 11.0. The Morgan fingerprint density at radius 3 is 2.31 bits per heavy atom. The number of likely N-dealkylation sites (tertiary alicyclic amines) is 1. The topological polar surface area (TPSA) is 103 Å². The summed E-state index contributed by atoms with van der Waals surface area (Å²) in [6, 6.07) is -0.504. The van der Waals surface area contributed by atoms with Gasteiger partial charge < -0.3 is 20.3 Å². The summed E-state index contributed by atoms with van der Waals surface area (Å²) < 4.78 is 5.84. The number of urea groups is 1. The first-order valence-electron chi connectivity index (χ1n) is 13.8. The number of ether oxygens (including phenoxy) is 1. The van der Waals surface area contributed by atoms with Crippen molar-refractivity contribution in [2.24, 2.45) is 11.0 Å². The SMILES string of the molecule is CC(C)CCC(=O)C1OC(SC(C)C)=NN1C(=O)NC1(NC(=O)CCN2CCCCC2)CCCCC1. The number of piperidine rings is 1. The highest BCUT2D eigenvalue weighted by Gasteiger charge is 2.42. The van der Waals surface area contributed by atoms with E-state index in [1.165, 1.54) is 31.0 Å². The largest absolute Gasteiger partial charge is 0.438 e. The van der Waals surface area contributed by atoms with Crippen molar-refractivity contribution < 1.29 is 19.1 Å². The molecule has 204 valence electrons. The number of thioether (sulfide) groups is 1. The standard InChI is InChI=1S/C26H45N5O4S/c1-19(2)11-12-21(32)23-31(29-25(35-23)36-20(3)4)24(34)28-26(14-7-5-8-15-26)27-22(33)13-18-30-16-9-6-10-17-30/h19-20,23H,5-18H2,1-4H3,(H,27,33)(H,28,34). The maximum Gasteiger partial charge on any atom is 0.343 e. The minimum Gasteiger partial charge on any atom is -0.438 e. The van der Waals surface area contributed by atoms with Crippen LogP contribution in [0.15, 0.2) is 5.10 Å². The van der Waals surface area contributed by atoms with Gasteiger partial charge in [-0.15, -0.1) is 5.10 Å². The Morgan fingerprint density at radius 2 is 1.67 bits per heavy atom. The Balaban J connectivity index is 1.67. The zero-order valence-corrected chi connectivity index (χ0v) is 23.3. The number of carbonyl (C=O) groups is 3. The number of hydrogen-bond donors (Lipinski definition) is 2. The highest BCUT2D eigenvalue weighted by atomic mass is 32.2. The van der Waals surface area contributed by atoms with Crippen LogP contribution in [0.4, 0.5) is 4.79 Å². The maximum atomic E-state index is 13.5. The highest BCUT2D eigenvalue weighted by molar-refractivity contribution is 8.14. The molecule has 2 heterocycles. The van der Waals surface area contributed by atoms with Gasteiger partial charge in [0.2, 0.25) is 5.91 Å². The van der Waals surface area contributed by atoms with Crippen molar-refractivity contribution in [2.75, 3.05) is 19.6 Å². The molecule has 10 heteroatoms. The van der Waals surface area contributed by atoms with Crippen LogP contribution in [-0.2, 0) is 14.3 Å². The quantitative estimate of drug-likeness (QED) is 0.411. The third-order valence-electron chi connectivity index (χ3n) is 6.95. The molecule has 1 unspecified atom stereocenters. The highest BCUT2D eigenvalue weighted by Crippen LogP contribution is 2.29. The van der Waals surface area contributed by atoms with Crippen LogP contribution in [0.5, 0.6) is 0 Å². The number of Topliss-reactive ketones (excluding diaryl/α,β-unsaturated/α-hetero) is 1. The minimum absolute atomic E-state index is 0.0513. The lowest BCUT2D eigenvalue weighted by molar-refractivity contribution is -0.131. The first kappa shape index (κ1) is 28.8. The number of rotatable bonds is 10. The van der Waals surface area contributed by atoms with Gasteiger partial charge >= 0.3 is 6.03 Å². The predicted octanol–water partition coefficient (Wildman–Crippen LogP) is 4.42. The van der Waals surface area contributed by atoms with Gasteiger partial charge in [0, 0.05) is 24.6 Å². The van der Waals surface area contributed by atoms with E-state index in [-0.39, 0.29) is 16.9 Å². The fourth-order valence-electron chi connectivity index (χ4n) is 4.94. The molecular weight excluding hydrogens is 478 g/mol. The van der Waals surface area contributed by atoms with Crippen molar-refractivity contribution in [2.45, 2.75) is 115 Å². The molecule has 3 amide bonds. The van der Waals surface area contributed by atoms with Crippen LogP contribution in [0.3, 0.4) is 0 Å². The molecule has 36 heavy (non-hydrogen) atoms. The summed E-state index contributed by atoms with van der Waals surface area (Å²) >= 11 is 1.38. The normalized spacial score (nSPS) is 22.3. The molecule has 1 saturated heterocycles. The third-order valence-corrected chi connectivity index (χ3v) is 7.80. The van der Waals surface area contributed by atoms with Crippen LogP contribution in [0.25, 0.3) is 0 Å². The van der Waals surface area contributed by atoms with Gasteiger partial charge in [-0.05, 0) is 64.0 Å². The number of amides is 3. The summed E-state index contributed by atoms with van der Waals surface area (Å²) in [4.78, 5) is 41.8. The Kier molecular flexibility index (Phi) is 10.9. The van der Waals surface area contributed by atoms with Gasteiger partial charge in [-0.3, -0.25) is 9.59 Å². The zero-order valence-electron chi connectivity index (χ0n) is 22.5. The minimum atomic E-state index is -1.07. The fourth-order valence-corrected chi connectivity index (χ4v) is 5.63. The first-order valence-corrected chi connectivity index (χ1v) is 14.6. The smallest absolute Gasteiger partial charge is 0.343 e. The van der Waals surface area contributed by atoms with Gasteiger partial charge in [0.15, 0.2) is 5.78 Å². The van der Waals surface area contributed by atoms with Gasteiger partial charge in [0.05, 0.1) is 0 Å². The molecule has 0 aromatic heterocycles. The van der Waals surface area contributed by atoms with Gasteiger partial charge in [-0.1, -0.05) is 52.3 Å². The van der Waals surface area contributed by atoms with Gasteiger partial charge in [-0.2, -0.15) is 5.01 Å². The number of nitrogens with one attached hydrogen (secondary N) is 2. The predicted molar refractivity (Wildman–Crippen MR) is 143 cm³/mol. The van der Waals surface area contributed by atoms with E-state index in [1.54, 1.807) is 0 Å². The van der Waals surface area contributed by atoms with Gasteiger partial charge in [-0.25, -0.2) is 4.79 Å². The van der Waals surface area contributed by atoms with Crippen LogP contribution in [0.1, 0.15) is 98.3 Å². The molecule has 0 bridgehead atoms. The molecule has 0 aromatic rings. The van der Waals surface area contributed by atoms with Crippen LogP contribution in [0, 0.1) is 5.92 Å². The molecule has 2 N–H and O–H groups in total. The number of hydrazone groups is 1. The molecule has 2 aliphatic heterocycles. The first-order chi connectivity index (χ1) is 17.2. The Bertz CT molecular complexity index is 791. The van der Waals surface area contributed by atoms with Crippen LogP contribution in [0.2, 0.25) is 0 Å². The van der Waals surface area contributed by atoms with Crippen molar-refractivity contribution in [3.05, 3.63) is 0 Å². The lowest BCUT2D eigenvalue weighted by atomic mass is 9.88. The van der Waals surface area contributed by atoms with Crippen molar-refractivity contribution >= 4 is 34.7 Å². The van der Waals surface area contributed by atoms with Crippen LogP contribution >= 0.6 is 11.8 Å². The average molecular weight is 524 g/mol. The van der Waals surface area contributed by atoms with Crippen molar-refractivity contribution in [1.29, 1.82) is 0 Å². The van der Waals surface area contributed by atoms with E-state index < -0.39 is 17.9 Å². The Labute approximate surface area is 220 Å². The molecule has 0 spiro atoms. The summed E-state index contributed by atoms with van der Waals surface area (Å²) in [5.74, 6) is 0.156. The number of nitrogens with zero attached hydrogens (tertiary/aromatic N) is 3. The van der Waals surface area contributed by atoms with Crippen molar-refractivity contribution in [3.63, 3.8) is 0 Å². The van der Waals surface area contributed by atoms with Gasteiger partial charge in [0.25, 0.3) is 11.5 Å². The second-order valence-electron chi connectivity index (χ2n) is 11.0. The van der Waals surface area contributed by atoms with Crippen LogP contribution in [-0.4, -0.2) is 69.6 Å². The molecule has 0 aromatic carbocycles. The Hall–Kier alpha value is -1.81. The van der Waals surface area contributed by atoms with Crippen LogP contribution < -0.4 is 10.6 Å². The third kappa shape index (κ3) is 8.64. The summed E-state index contributed by atoms with van der Waals surface area (Å²) in [7, 11) is 0. The fraction of sp³-hybridized carbons (Fsp3) is 0.846. The number of ketones is 1. The Morgan fingerprint density at radius 1 is 1.00 bits per heavy atom. The molecular formula is C26H45N5O4S. The van der Waals surface area contributed by atoms with E-state index in [9.17, 15) is 14.4 Å². The molecule has 1 atom stereocenters. The summed E-state index contributed by atoms with van der Waals surface area (Å²) in [5, 5.41) is 12.2. The monoisotopic (exact) mass is 523 g/mol. The van der Waals surface area contributed by atoms with Crippen molar-refractivity contribution in [3.8, 4) is 0 Å². The lowest BCUT2D eigenvalue weighted by Crippen LogP contribution is -2.64. The molecule has 1 aliphatic carbocycles. The van der Waals surface area contributed by atoms with E-state index in [1.807, 2.05) is 13.8 Å². The molecule has 3 rings (SSSR count). The number of hydrogen-bond acceptors (Lipinski definition) is 7. The molecule has 2 fully saturated rings. The second kappa shape index (κ2) is 13.7. The van der Waals surface area contributed by atoms with Crippen molar-refractivity contribution in [1.82, 2.24) is 20.5 Å². The maximum absolute atomic E-state index is 13.5. The lowest BCUT2D eigenvalue weighted by Gasteiger charge is -2.39. The van der Waals surface area contributed by atoms with E-state index in [0.29, 0.717) is 36.8 Å². The molecule has 0 radical (unpaired) electrons. The second-order valence-corrected chi connectivity index (χ2v) is 12.5. The van der Waals surface area contributed by atoms with E-state index in [4.69, 9.17) is 4.74 Å².